The van der Waals surface area contributed by atoms with Gasteiger partial charge in [0.05, 0.1) is 0 Å². The number of aryl methyl sites for hydroxylation is 1. The molecule has 1 nitrogen and oxygen atoms in total. The molecule has 1 rings (SSSR count). The van der Waals surface area contributed by atoms with E-state index in [-0.39, 0.29) is 29.5 Å². The summed E-state index contributed by atoms with van der Waals surface area (Å²) in [6.45, 7) is 6.72. The summed E-state index contributed by atoms with van der Waals surface area (Å²) >= 11 is 0. The Kier molecular flexibility index (Phi) is 18.6. The molecule has 170 valence electrons. The van der Waals surface area contributed by atoms with Crippen molar-refractivity contribution in [2.24, 2.45) is 5.73 Å². The highest BCUT2D eigenvalue weighted by molar-refractivity contribution is 14.0. The molecular formula is C27H50IN. The van der Waals surface area contributed by atoms with Crippen LogP contribution >= 0.6 is 24.0 Å². The van der Waals surface area contributed by atoms with Crippen LogP contribution in [0, 0.1) is 0 Å². The molecule has 1 aromatic carbocycles. The van der Waals surface area contributed by atoms with Gasteiger partial charge in [0.2, 0.25) is 0 Å². The first-order valence-electron chi connectivity index (χ1n) is 12.5. The lowest BCUT2D eigenvalue weighted by molar-refractivity contribution is 0.408. The highest BCUT2D eigenvalue weighted by Gasteiger charge is 2.24. The maximum absolute atomic E-state index is 6.67. The van der Waals surface area contributed by atoms with Crippen LogP contribution in [0.3, 0.4) is 0 Å². The smallest absolute Gasteiger partial charge is 0.0407 e. The number of benzene rings is 1. The zero-order chi connectivity index (χ0) is 20.5. The molecule has 0 heterocycles. The number of hydrogen-bond acceptors (Lipinski definition) is 1. The highest BCUT2D eigenvalue weighted by atomic mass is 127. The zero-order valence-electron chi connectivity index (χ0n) is 19.8. The Bertz CT molecular complexity index is 481. The summed E-state index contributed by atoms with van der Waals surface area (Å²) in [6.07, 6.45) is 23.1. The third-order valence-electron chi connectivity index (χ3n) is 6.62. The van der Waals surface area contributed by atoms with Crippen molar-refractivity contribution in [3.05, 3.63) is 35.4 Å². The SMILES string of the molecule is CCCCCCCCCCCCCCCCc1ccccc1C(N)(CC)CC.I. The summed E-state index contributed by atoms with van der Waals surface area (Å²) in [4.78, 5) is 0. The van der Waals surface area contributed by atoms with Crippen LogP contribution in [0.1, 0.15) is 135 Å². The van der Waals surface area contributed by atoms with Crippen LogP contribution in [-0.2, 0) is 12.0 Å². The van der Waals surface area contributed by atoms with E-state index in [0.717, 1.165) is 12.8 Å². The number of hydrogen-bond donors (Lipinski definition) is 1. The lowest BCUT2D eigenvalue weighted by atomic mass is 9.82. The topological polar surface area (TPSA) is 26.0 Å². The minimum atomic E-state index is -0.146. The van der Waals surface area contributed by atoms with Crippen molar-refractivity contribution in [2.75, 3.05) is 0 Å². The maximum atomic E-state index is 6.67. The number of nitrogens with two attached hydrogens (primary N) is 1. The summed E-state index contributed by atoms with van der Waals surface area (Å²) in [5, 5.41) is 0. The maximum Gasteiger partial charge on any atom is 0.0407 e. The first-order valence-corrected chi connectivity index (χ1v) is 12.5. The number of unbranched alkanes of at least 4 members (excludes halogenated alkanes) is 13. The van der Waals surface area contributed by atoms with Gasteiger partial charge in [0.1, 0.15) is 0 Å². The average molecular weight is 516 g/mol. The third-order valence-corrected chi connectivity index (χ3v) is 6.62. The van der Waals surface area contributed by atoms with Crippen molar-refractivity contribution < 1.29 is 0 Å². The molecule has 0 unspecified atom stereocenters. The predicted octanol–water partition coefficient (Wildman–Crippen LogP) is 9.30. The van der Waals surface area contributed by atoms with Crippen LogP contribution in [0.25, 0.3) is 0 Å². The summed E-state index contributed by atoms with van der Waals surface area (Å²) in [7, 11) is 0. The molecule has 0 aromatic heterocycles. The van der Waals surface area contributed by atoms with Gasteiger partial charge in [-0.3, -0.25) is 0 Å². The molecule has 29 heavy (non-hydrogen) atoms. The largest absolute Gasteiger partial charge is 0.321 e. The lowest BCUT2D eigenvalue weighted by Gasteiger charge is -2.29. The standard InChI is InChI=1S/C27H49N.HI/c1-4-7-8-9-10-11-12-13-14-15-16-17-18-19-22-25-23-20-21-24-26(25)27(28,5-2)6-3;/h20-21,23-24H,4-19,22,28H2,1-3H3;1H. The van der Waals surface area contributed by atoms with E-state index in [0.29, 0.717) is 0 Å². The van der Waals surface area contributed by atoms with Gasteiger partial charge in [-0.2, -0.15) is 0 Å². The first kappa shape index (κ1) is 28.9. The van der Waals surface area contributed by atoms with E-state index in [9.17, 15) is 0 Å². The normalized spacial score (nSPS) is 11.4. The Morgan fingerprint density at radius 3 is 1.48 bits per heavy atom. The van der Waals surface area contributed by atoms with Gasteiger partial charge in [0.25, 0.3) is 0 Å². The molecule has 0 aliphatic heterocycles. The molecule has 1 aromatic rings. The van der Waals surface area contributed by atoms with Crippen LogP contribution in [0.15, 0.2) is 24.3 Å². The van der Waals surface area contributed by atoms with Gasteiger partial charge < -0.3 is 5.73 Å². The van der Waals surface area contributed by atoms with E-state index in [1.54, 1.807) is 0 Å². The Hall–Kier alpha value is -0.0900. The van der Waals surface area contributed by atoms with E-state index in [4.69, 9.17) is 5.73 Å². The van der Waals surface area contributed by atoms with Crippen molar-refractivity contribution >= 4 is 24.0 Å². The molecule has 0 saturated carbocycles. The third kappa shape index (κ3) is 12.4. The van der Waals surface area contributed by atoms with Gasteiger partial charge in [-0.05, 0) is 36.8 Å². The fourth-order valence-electron chi connectivity index (χ4n) is 4.36. The van der Waals surface area contributed by atoms with Crippen LogP contribution in [-0.4, -0.2) is 0 Å². The summed E-state index contributed by atoms with van der Waals surface area (Å²) < 4.78 is 0. The van der Waals surface area contributed by atoms with Gasteiger partial charge in [0.15, 0.2) is 0 Å². The van der Waals surface area contributed by atoms with Gasteiger partial charge >= 0.3 is 0 Å². The lowest BCUT2D eigenvalue weighted by Crippen LogP contribution is -2.36. The molecular weight excluding hydrogens is 465 g/mol. The van der Waals surface area contributed by atoms with Crippen molar-refractivity contribution in [1.82, 2.24) is 0 Å². The van der Waals surface area contributed by atoms with Crippen LogP contribution in [0.2, 0.25) is 0 Å². The Labute approximate surface area is 200 Å². The fourth-order valence-corrected chi connectivity index (χ4v) is 4.36. The first-order chi connectivity index (χ1) is 13.7. The molecule has 0 radical (unpaired) electrons. The molecule has 0 atom stereocenters. The zero-order valence-corrected chi connectivity index (χ0v) is 22.1. The van der Waals surface area contributed by atoms with E-state index < -0.39 is 0 Å². The second kappa shape index (κ2) is 18.7. The van der Waals surface area contributed by atoms with Crippen LogP contribution in [0.4, 0.5) is 0 Å². The van der Waals surface area contributed by atoms with E-state index in [1.165, 1.54) is 107 Å². The van der Waals surface area contributed by atoms with Crippen molar-refractivity contribution in [2.45, 2.75) is 135 Å². The van der Waals surface area contributed by atoms with E-state index in [2.05, 4.69) is 45.0 Å². The predicted molar refractivity (Wildman–Crippen MR) is 142 cm³/mol. The average Bonchev–Trinajstić information content (AvgIpc) is 2.73. The highest BCUT2D eigenvalue weighted by Crippen LogP contribution is 2.29. The van der Waals surface area contributed by atoms with Gasteiger partial charge in [-0.25, -0.2) is 0 Å². The van der Waals surface area contributed by atoms with E-state index in [1.807, 2.05) is 0 Å². The Morgan fingerprint density at radius 2 is 1.03 bits per heavy atom. The van der Waals surface area contributed by atoms with Crippen LogP contribution in [0.5, 0.6) is 0 Å². The molecule has 0 aliphatic carbocycles. The monoisotopic (exact) mass is 515 g/mol. The quantitative estimate of drug-likeness (QED) is 0.153. The van der Waals surface area contributed by atoms with Crippen molar-refractivity contribution in [1.29, 1.82) is 0 Å². The molecule has 0 saturated heterocycles. The summed E-state index contributed by atoms with van der Waals surface area (Å²) in [5.74, 6) is 0. The minimum Gasteiger partial charge on any atom is -0.321 e. The Morgan fingerprint density at radius 1 is 0.621 bits per heavy atom. The minimum absolute atomic E-state index is 0. The Balaban J connectivity index is 0.00000784. The summed E-state index contributed by atoms with van der Waals surface area (Å²) in [5.41, 5.74) is 9.39. The molecule has 0 bridgehead atoms. The fraction of sp³-hybridized carbons (Fsp3) is 0.778. The second-order valence-electron chi connectivity index (χ2n) is 8.87. The van der Waals surface area contributed by atoms with E-state index >= 15 is 0 Å². The van der Waals surface area contributed by atoms with Gasteiger partial charge in [-0.15, -0.1) is 24.0 Å². The van der Waals surface area contributed by atoms with Crippen LogP contribution < -0.4 is 5.73 Å². The second-order valence-corrected chi connectivity index (χ2v) is 8.87. The molecule has 0 aliphatic rings. The molecule has 0 amide bonds. The number of halogens is 1. The molecule has 2 heteroatoms. The molecule has 2 N–H and O–H groups in total. The van der Waals surface area contributed by atoms with Gasteiger partial charge in [-0.1, -0.05) is 129 Å². The van der Waals surface area contributed by atoms with Crippen molar-refractivity contribution in [3.63, 3.8) is 0 Å². The van der Waals surface area contributed by atoms with Crippen molar-refractivity contribution in [3.8, 4) is 0 Å². The molecule has 0 spiro atoms. The number of rotatable bonds is 18. The molecule has 0 fully saturated rings. The van der Waals surface area contributed by atoms with Gasteiger partial charge in [0, 0.05) is 5.54 Å². The summed E-state index contributed by atoms with van der Waals surface area (Å²) in [6, 6.07) is 8.88.